The lowest BCUT2D eigenvalue weighted by atomic mass is 10.3. The zero-order valence-corrected chi connectivity index (χ0v) is 5.87. The van der Waals surface area contributed by atoms with Crippen molar-refractivity contribution in [3.05, 3.63) is 36.5 Å². The Bertz CT molecular complexity index is 187. The lowest BCUT2D eigenvalue weighted by molar-refractivity contribution is -0.131. The predicted octanol–water partition coefficient (Wildman–Crippen LogP) is 1.76. The molecule has 0 atom stereocenters. The smallest absolute Gasteiger partial charge is 0.328 e. The summed E-state index contributed by atoms with van der Waals surface area (Å²) in [4.78, 5) is 9.93. The summed E-state index contributed by atoms with van der Waals surface area (Å²) in [7, 11) is 0. The van der Waals surface area contributed by atoms with Crippen LogP contribution in [0.25, 0.3) is 0 Å². The third kappa shape index (κ3) is 4.84. The molecule has 10 heavy (non-hydrogen) atoms. The second-order valence-corrected chi connectivity index (χ2v) is 1.81. The summed E-state index contributed by atoms with van der Waals surface area (Å²) >= 11 is 0. The summed E-state index contributed by atoms with van der Waals surface area (Å²) in [6, 6.07) is 0. The van der Waals surface area contributed by atoms with Crippen LogP contribution >= 0.6 is 0 Å². The minimum atomic E-state index is -0.937. The molecular formula is C8H10O2. The maximum Gasteiger partial charge on any atom is 0.328 e. The third-order valence-electron chi connectivity index (χ3n) is 0.920. The monoisotopic (exact) mass is 138 g/mol. The van der Waals surface area contributed by atoms with Crippen LogP contribution in [0.4, 0.5) is 0 Å². The number of allylic oxidation sites excluding steroid dienone is 4. The zero-order valence-electron chi connectivity index (χ0n) is 5.87. The van der Waals surface area contributed by atoms with Crippen molar-refractivity contribution < 1.29 is 9.90 Å². The molecule has 2 heteroatoms. The summed E-state index contributed by atoms with van der Waals surface area (Å²) in [5, 5.41) is 8.16. The fourth-order valence-corrected chi connectivity index (χ4v) is 0.350. The maximum atomic E-state index is 9.93. The number of carboxylic acid groups (broad SMARTS) is 1. The van der Waals surface area contributed by atoms with Gasteiger partial charge in [0.1, 0.15) is 0 Å². The second-order valence-electron chi connectivity index (χ2n) is 1.81. The molecule has 1 N–H and O–H groups in total. The van der Waals surface area contributed by atoms with Gasteiger partial charge in [-0.15, -0.1) is 0 Å². The van der Waals surface area contributed by atoms with Crippen molar-refractivity contribution in [3.63, 3.8) is 0 Å². The van der Waals surface area contributed by atoms with E-state index >= 15 is 0 Å². The molecule has 0 spiro atoms. The van der Waals surface area contributed by atoms with Crippen LogP contribution in [0.3, 0.4) is 0 Å². The zero-order chi connectivity index (χ0) is 7.98. The lowest BCUT2D eigenvalue weighted by Crippen LogP contribution is -1.84. The molecule has 0 saturated carbocycles. The van der Waals surface area contributed by atoms with E-state index in [1.54, 1.807) is 12.2 Å². The molecule has 2 nitrogen and oxygen atoms in total. The molecule has 54 valence electrons. The van der Waals surface area contributed by atoms with Crippen molar-refractivity contribution in [1.29, 1.82) is 0 Å². The average Bonchev–Trinajstić information content (AvgIpc) is 1.87. The van der Waals surface area contributed by atoms with E-state index in [2.05, 4.69) is 6.58 Å². The summed E-state index contributed by atoms with van der Waals surface area (Å²) in [5.41, 5.74) is 0.942. The van der Waals surface area contributed by atoms with Gasteiger partial charge < -0.3 is 5.11 Å². The fourth-order valence-electron chi connectivity index (χ4n) is 0.350. The molecule has 0 fully saturated rings. The highest BCUT2D eigenvalue weighted by atomic mass is 16.4. The number of carboxylic acids is 1. The first-order valence-corrected chi connectivity index (χ1v) is 2.87. The van der Waals surface area contributed by atoms with Crippen molar-refractivity contribution >= 4 is 5.97 Å². The van der Waals surface area contributed by atoms with Crippen molar-refractivity contribution in [2.45, 2.75) is 6.92 Å². The summed E-state index contributed by atoms with van der Waals surface area (Å²) in [6.45, 7) is 5.36. The van der Waals surface area contributed by atoms with Gasteiger partial charge in [-0.25, -0.2) is 4.79 Å². The molecular weight excluding hydrogens is 128 g/mol. The number of carbonyl (C=O) groups is 1. The van der Waals surface area contributed by atoms with Crippen LogP contribution in [0.2, 0.25) is 0 Å². The van der Waals surface area contributed by atoms with Gasteiger partial charge in [-0.2, -0.15) is 0 Å². The van der Waals surface area contributed by atoms with Crippen LogP contribution in [-0.4, -0.2) is 11.1 Å². The maximum absolute atomic E-state index is 9.93. The van der Waals surface area contributed by atoms with E-state index in [0.717, 1.165) is 11.6 Å². The van der Waals surface area contributed by atoms with Gasteiger partial charge in [0, 0.05) is 6.08 Å². The van der Waals surface area contributed by atoms with Crippen LogP contribution in [0.15, 0.2) is 36.5 Å². The highest BCUT2D eigenvalue weighted by Crippen LogP contribution is 1.91. The standard InChI is InChI=1S/C8H10O2/c1-3-7(2)5-4-6-8(9)10/h3-6H,1H2,2H3,(H,9,10)/b6-4+,7-5+. The van der Waals surface area contributed by atoms with Gasteiger partial charge in [-0.05, 0) is 6.92 Å². The molecule has 0 aliphatic carbocycles. The molecule has 0 saturated heterocycles. The van der Waals surface area contributed by atoms with E-state index in [1.807, 2.05) is 6.92 Å². The molecule has 0 aromatic heterocycles. The molecule has 0 aliphatic rings. The van der Waals surface area contributed by atoms with E-state index in [1.165, 1.54) is 6.08 Å². The Morgan fingerprint density at radius 2 is 2.20 bits per heavy atom. The minimum absolute atomic E-state index is 0.937. The topological polar surface area (TPSA) is 37.3 Å². The van der Waals surface area contributed by atoms with Crippen molar-refractivity contribution in [3.8, 4) is 0 Å². The second kappa shape index (κ2) is 4.56. The highest BCUT2D eigenvalue weighted by Gasteiger charge is 1.81. The van der Waals surface area contributed by atoms with Crippen LogP contribution in [0, 0.1) is 0 Å². The molecule has 0 unspecified atom stereocenters. The molecule has 0 heterocycles. The quantitative estimate of drug-likeness (QED) is 0.476. The van der Waals surface area contributed by atoms with E-state index in [4.69, 9.17) is 5.11 Å². The largest absolute Gasteiger partial charge is 0.478 e. The van der Waals surface area contributed by atoms with Gasteiger partial charge >= 0.3 is 5.97 Å². The molecule has 0 rings (SSSR count). The van der Waals surface area contributed by atoms with Gasteiger partial charge in [-0.3, -0.25) is 0 Å². The summed E-state index contributed by atoms with van der Waals surface area (Å²) in [5.74, 6) is -0.937. The van der Waals surface area contributed by atoms with Gasteiger partial charge in [0.05, 0.1) is 0 Å². The Labute approximate surface area is 60.2 Å². The Morgan fingerprint density at radius 3 is 2.60 bits per heavy atom. The van der Waals surface area contributed by atoms with E-state index in [0.29, 0.717) is 0 Å². The minimum Gasteiger partial charge on any atom is -0.478 e. The fraction of sp³-hybridized carbons (Fsp3) is 0.125. The molecule has 0 aromatic rings. The van der Waals surface area contributed by atoms with Crippen LogP contribution in [-0.2, 0) is 4.79 Å². The lowest BCUT2D eigenvalue weighted by Gasteiger charge is -1.82. The first-order valence-electron chi connectivity index (χ1n) is 2.87. The van der Waals surface area contributed by atoms with Crippen LogP contribution < -0.4 is 0 Å². The van der Waals surface area contributed by atoms with Gasteiger partial charge in [-0.1, -0.05) is 30.4 Å². The van der Waals surface area contributed by atoms with Crippen molar-refractivity contribution in [1.82, 2.24) is 0 Å². The number of hydrogen-bond donors (Lipinski definition) is 1. The highest BCUT2D eigenvalue weighted by molar-refractivity contribution is 5.80. The molecule has 0 amide bonds. The van der Waals surface area contributed by atoms with Gasteiger partial charge in [0.2, 0.25) is 0 Å². The Hall–Kier alpha value is -1.31. The number of rotatable bonds is 3. The Kier molecular flexibility index (Phi) is 3.96. The van der Waals surface area contributed by atoms with Crippen molar-refractivity contribution in [2.75, 3.05) is 0 Å². The van der Waals surface area contributed by atoms with Crippen LogP contribution in [0.5, 0.6) is 0 Å². The molecule has 0 aromatic carbocycles. The number of hydrogen-bond acceptors (Lipinski definition) is 1. The van der Waals surface area contributed by atoms with E-state index in [-0.39, 0.29) is 0 Å². The normalized spacial score (nSPS) is 11.9. The predicted molar refractivity (Wildman–Crippen MR) is 40.7 cm³/mol. The molecule has 0 radical (unpaired) electrons. The van der Waals surface area contributed by atoms with E-state index < -0.39 is 5.97 Å². The van der Waals surface area contributed by atoms with Gasteiger partial charge in [0.15, 0.2) is 0 Å². The average molecular weight is 138 g/mol. The Morgan fingerprint density at radius 1 is 1.60 bits per heavy atom. The van der Waals surface area contributed by atoms with Crippen molar-refractivity contribution in [2.24, 2.45) is 0 Å². The molecule has 0 bridgehead atoms. The van der Waals surface area contributed by atoms with Crippen LogP contribution in [0.1, 0.15) is 6.92 Å². The van der Waals surface area contributed by atoms with E-state index in [9.17, 15) is 4.79 Å². The number of aliphatic carboxylic acids is 1. The Balaban J connectivity index is 3.93. The third-order valence-corrected chi connectivity index (χ3v) is 0.920. The van der Waals surface area contributed by atoms with Gasteiger partial charge in [0.25, 0.3) is 0 Å². The first-order chi connectivity index (χ1) is 4.66. The first kappa shape index (κ1) is 8.69. The summed E-state index contributed by atoms with van der Waals surface area (Å²) in [6.07, 6.45) is 5.89. The molecule has 0 aliphatic heterocycles. The summed E-state index contributed by atoms with van der Waals surface area (Å²) < 4.78 is 0. The SMILES string of the molecule is C=C/C(C)=C/C=C/C(=O)O.